The summed E-state index contributed by atoms with van der Waals surface area (Å²) in [5, 5.41) is 0. The minimum Gasteiger partial charge on any atom is -0.493 e. The molecule has 6 nitrogen and oxygen atoms in total. The molecule has 2 N–H and O–H groups in total. The van der Waals surface area contributed by atoms with Gasteiger partial charge in [-0.3, -0.25) is 4.79 Å². The highest BCUT2D eigenvalue weighted by Crippen LogP contribution is 2.32. The van der Waals surface area contributed by atoms with Crippen molar-refractivity contribution in [2.45, 2.75) is 20.3 Å². The summed E-state index contributed by atoms with van der Waals surface area (Å²) >= 11 is 0. The summed E-state index contributed by atoms with van der Waals surface area (Å²) in [5.74, 6) is 0.653. The summed E-state index contributed by atoms with van der Waals surface area (Å²) < 4.78 is 5.79. The third-order valence-electron chi connectivity index (χ3n) is 3.33. The molecule has 0 atom stereocenters. The van der Waals surface area contributed by atoms with Crippen LogP contribution < -0.4 is 10.5 Å². The van der Waals surface area contributed by atoms with Crippen LogP contribution in [0.25, 0.3) is 11.3 Å². The minimum atomic E-state index is -0.164. The van der Waals surface area contributed by atoms with Gasteiger partial charge in [-0.05, 0) is 25.5 Å². The third kappa shape index (κ3) is 3.59. The molecular weight excluding hydrogens is 292 g/mol. The number of amides is 1. The molecule has 0 radical (unpaired) electrons. The lowest BCUT2D eigenvalue weighted by Crippen LogP contribution is -2.24. The van der Waals surface area contributed by atoms with Gasteiger partial charge in [-0.1, -0.05) is 19.1 Å². The van der Waals surface area contributed by atoms with Crippen molar-refractivity contribution in [1.82, 2.24) is 14.9 Å². The van der Waals surface area contributed by atoms with Gasteiger partial charge in [0.1, 0.15) is 5.75 Å². The summed E-state index contributed by atoms with van der Waals surface area (Å²) in [6, 6.07) is 7.51. The number of nitrogens with two attached hydrogens (primary N) is 1. The molecule has 0 saturated carbocycles. The zero-order chi connectivity index (χ0) is 17.0. The lowest BCUT2D eigenvalue weighted by Gasteiger charge is -2.17. The smallest absolute Gasteiger partial charge is 0.257 e. The normalized spacial score (nSPS) is 10.4. The van der Waals surface area contributed by atoms with E-state index in [4.69, 9.17) is 10.5 Å². The van der Waals surface area contributed by atoms with Crippen LogP contribution in [-0.2, 0) is 0 Å². The van der Waals surface area contributed by atoms with Crippen molar-refractivity contribution in [2.75, 3.05) is 26.4 Å². The maximum Gasteiger partial charge on any atom is 0.257 e. The van der Waals surface area contributed by atoms with Crippen molar-refractivity contribution < 1.29 is 9.53 Å². The fourth-order valence-electron chi connectivity index (χ4n) is 2.27. The third-order valence-corrected chi connectivity index (χ3v) is 3.33. The Bertz CT molecular complexity index is 714. The highest BCUT2D eigenvalue weighted by atomic mass is 16.5. The predicted octanol–water partition coefficient (Wildman–Crippen LogP) is 2.52. The molecule has 0 saturated heterocycles. The molecule has 1 aromatic heterocycles. The number of nitrogens with zero attached hydrogens (tertiary/aromatic N) is 3. The molecular formula is C17H22N4O2. The molecule has 1 amide bonds. The van der Waals surface area contributed by atoms with Gasteiger partial charge in [0.15, 0.2) is 0 Å². The van der Waals surface area contributed by atoms with E-state index in [2.05, 4.69) is 9.97 Å². The molecule has 23 heavy (non-hydrogen) atoms. The second-order valence-electron chi connectivity index (χ2n) is 5.44. The predicted molar refractivity (Wildman–Crippen MR) is 90.4 cm³/mol. The Hall–Kier alpha value is -2.63. The molecule has 0 aliphatic heterocycles. The van der Waals surface area contributed by atoms with E-state index in [9.17, 15) is 4.79 Å². The molecule has 0 fully saturated rings. The zero-order valence-corrected chi connectivity index (χ0v) is 14.0. The monoisotopic (exact) mass is 314 g/mol. The first kappa shape index (κ1) is 16.7. The first-order valence-corrected chi connectivity index (χ1v) is 7.53. The molecule has 2 aromatic rings. The standard InChI is InChI=1S/C17H22N4O2/c1-5-10-23-13-9-7-6-8-12(13)15-14(16(22)21(3)4)11(2)19-17(18)20-15/h6-9H,5,10H2,1-4H3,(H2,18,19,20). The van der Waals surface area contributed by atoms with Crippen LogP contribution in [0.2, 0.25) is 0 Å². The number of hydrogen-bond acceptors (Lipinski definition) is 5. The van der Waals surface area contributed by atoms with Crippen molar-refractivity contribution in [2.24, 2.45) is 0 Å². The first-order chi connectivity index (χ1) is 11.0. The highest BCUT2D eigenvalue weighted by molar-refractivity contribution is 6.01. The number of anilines is 1. The van der Waals surface area contributed by atoms with Crippen molar-refractivity contribution >= 4 is 11.9 Å². The number of aromatic nitrogens is 2. The van der Waals surface area contributed by atoms with E-state index in [1.807, 2.05) is 31.2 Å². The second-order valence-corrected chi connectivity index (χ2v) is 5.44. The summed E-state index contributed by atoms with van der Waals surface area (Å²) in [6.45, 7) is 4.39. The summed E-state index contributed by atoms with van der Waals surface area (Å²) in [4.78, 5) is 22.5. The van der Waals surface area contributed by atoms with Gasteiger partial charge in [-0.25, -0.2) is 9.97 Å². The lowest BCUT2D eigenvalue weighted by atomic mass is 10.0. The van der Waals surface area contributed by atoms with Crippen LogP contribution in [0.5, 0.6) is 5.75 Å². The van der Waals surface area contributed by atoms with Crippen LogP contribution in [-0.4, -0.2) is 41.5 Å². The Morgan fingerprint density at radius 3 is 2.61 bits per heavy atom. The van der Waals surface area contributed by atoms with Gasteiger partial charge in [-0.2, -0.15) is 0 Å². The Labute approximate surface area is 136 Å². The lowest BCUT2D eigenvalue weighted by molar-refractivity contribution is 0.0827. The van der Waals surface area contributed by atoms with Crippen LogP contribution in [0, 0.1) is 6.92 Å². The number of carbonyl (C=O) groups excluding carboxylic acids is 1. The van der Waals surface area contributed by atoms with Crippen molar-refractivity contribution in [3.63, 3.8) is 0 Å². The average Bonchev–Trinajstić information content (AvgIpc) is 2.51. The molecule has 2 rings (SSSR count). The number of aryl methyl sites for hydroxylation is 1. The largest absolute Gasteiger partial charge is 0.493 e. The van der Waals surface area contributed by atoms with Crippen LogP contribution in [0.3, 0.4) is 0 Å². The number of benzene rings is 1. The summed E-state index contributed by atoms with van der Waals surface area (Å²) in [5.41, 5.74) is 8.04. The fourth-order valence-corrected chi connectivity index (χ4v) is 2.27. The van der Waals surface area contributed by atoms with Crippen LogP contribution >= 0.6 is 0 Å². The van der Waals surface area contributed by atoms with Crippen molar-refractivity contribution in [1.29, 1.82) is 0 Å². The SMILES string of the molecule is CCCOc1ccccc1-c1nc(N)nc(C)c1C(=O)N(C)C. The van der Waals surface area contributed by atoms with E-state index in [1.165, 1.54) is 4.90 Å². The van der Waals surface area contributed by atoms with Gasteiger partial charge in [0, 0.05) is 19.7 Å². The maximum absolute atomic E-state index is 12.6. The van der Waals surface area contributed by atoms with Gasteiger partial charge in [0.25, 0.3) is 5.91 Å². The molecule has 122 valence electrons. The van der Waals surface area contributed by atoms with Gasteiger partial charge in [0.05, 0.1) is 23.6 Å². The topological polar surface area (TPSA) is 81.3 Å². The number of nitrogen functional groups attached to an aromatic ring is 1. The molecule has 0 aliphatic carbocycles. The average molecular weight is 314 g/mol. The van der Waals surface area contributed by atoms with Crippen LogP contribution in [0.4, 0.5) is 5.95 Å². The first-order valence-electron chi connectivity index (χ1n) is 7.53. The van der Waals surface area contributed by atoms with E-state index in [1.54, 1.807) is 21.0 Å². The van der Waals surface area contributed by atoms with E-state index >= 15 is 0 Å². The number of carbonyl (C=O) groups is 1. The minimum absolute atomic E-state index is 0.137. The number of hydrogen-bond donors (Lipinski definition) is 1. The molecule has 1 heterocycles. The Kier molecular flexibility index (Phi) is 5.16. The molecule has 0 unspecified atom stereocenters. The fraction of sp³-hybridized carbons (Fsp3) is 0.353. The van der Waals surface area contributed by atoms with Crippen LogP contribution in [0.15, 0.2) is 24.3 Å². The van der Waals surface area contributed by atoms with Crippen molar-refractivity contribution in [3.8, 4) is 17.0 Å². The van der Waals surface area contributed by atoms with Gasteiger partial charge < -0.3 is 15.4 Å². The molecule has 0 spiro atoms. The zero-order valence-electron chi connectivity index (χ0n) is 14.0. The number of rotatable bonds is 5. The molecule has 0 aliphatic rings. The van der Waals surface area contributed by atoms with E-state index in [-0.39, 0.29) is 11.9 Å². The Morgan fingerprint density at radius 1 is 1.26 bits per heavy atom. The van der Waals surface area contributed by atoms with Gasteiger partial charge >= 0.3 is 0 Å². The molecule has 6 heteroatoms. The summed E-state index contributed by atoms with van der Waals surface area (Å²) in [7, 11) is 3.39. The van der Waals surface area contributed by atoms with Gasteiger partial charge in [-0.15, -0.1) is 0 Å². The molecule has 0 bridgehead atoms. The second kappa shape index (κ2) is 7.09. The summed E-state index contributed by atoms with van der Waals surface area (Å²) in [6.07, 6.45) is 0.892. The maximum atomic E-state index is 12.6. The Morgan fingerprint density at radius 2 is 1.96 bits per heavy atom. The number of para-hydroxylation sites is 1. The van der Waals surface area contributed by atoms with E-state index in [0.29, 0.717) is 29.3 Å². The van der Waals surface area contributed by atoms with E-state index < -0.39 is 0 Å². The Balaban J connectivity index is 2.66. The van der Waals surface area contributed by atoms with E-state index in [0.717, 1.165) is 12.0 Å². The van der Waals surface area contributed by atoms with Crippen molar-refractivity contribution in [3.05, 3.63) is 35.5 Å². The van der Waals surface area contributed by atoms with Gasteiger partial charge in [0.2, 0.25) is 5.95 Å². The van der Waals surface area contributed by atoms with Crippen LogP contribution in [0.1, 0.15) is 29.4 Å². The number of ether oxygens (including phenoxy) is 1. The molecule has 1 aromatic carbocycles. The highest BCUT2D eigenvalue weighted by Gasteiger charge is 2.22. The quantitative estimate of drug-likeness (QED) is 0.917.